The number of aliphatic hydroxyl groups excluding tert-OH is 1. The number of likely N-dealkylation sites (tertiary alicyclic amines) is 1. The average molecular weight is 426 g/mol. The van der Waals surface area contributed by atoms with E-state index in [2.05, 4.69) is 4.98 Å². The number of nitrogens with one attached hydrogen (secondary N) is 1. The van der Waals surface area contributed by atoms with Crippen LogP contribution >= 0.6 is 0 Å². The summed E-state index contributed by atoms with van der Waals surface area (Å²) in [6.07, 6.45) is 3.98. The molecule has 1 fully saturated rings. The molecule has 0 radical (unpaired) electrons. The number of ketones is 1. The summed E-state index contributed by atoms with van der Waals surface area (Å²) in [7, 11) is 0. The van der Waals surface area contributed by atoms with Gasteiger partial charge in [-0.15, -0.1) is 0 Å². The van der Waals surface area contributed by atoms with Crippen LogP contribution in [0.3, 0.4) is 0 Å². The van der Waals surface area contributed by atoms with Crippen molar-refractivity contribution >= 4 is 28.4 Å². The number of amides is 1. The molecule has 1 saturated heterocycles. The smallest absolute Gasteiger partial charge is 0.295 e. The Kier molecular flexibility index (Phi) is 4.90. The first-order valence-corrected chi connectivity index (χ1v) is 10.5. The highest BCUT2D eigenvalue weighted by molar-refractivity contribution is 6.46. The number of aromatic nitrogens is 1. The van der Waals surface area contributed by atoms with E-state index in [0.717, 1.165) is 22.0 Å². The Morgan fingerprint density at radius 3 is 2.59 bits per heavy atom. The Morgan fingerprint density at radius 2 is 1.84 bits per heavy atom. The molecule has 160 valence electrons. The minimum Gasteiger partial charge on any atom is -0.507 e. The fourth-order valence-electron chi connectivity index (χ4n) is 4.30. The fraction of sp³-hybridized carbons (Fsp3) is 0.154. The molecule has 1 aliphatic rings. The molecule has 4 aromatic rings. The maximum absolute atomic E-state index is 13.0. The van der Waals surface area contributed by atoms with Crippen LogP contribution in [0.1, 0.15) is 28.5 Å². The van der Waals surface area contributed by atoms with Crippen molar-refractivity contribution in [3.8, 4) is 0 Å². The highest BCUT2D eigenvalue weighted by atomic mass is 16.3. The van der Waals surface area contributed by atoms with Gasteiger partial charge in [0.05, 0.1) is 11.8 Å². The van der Waals surface area contributed by atoms with Gasteiger partial charge >= 0.3 is 0 Å². The van der Waals surface area contributed by atoms with E-state index in [1.807, 2.05) is 49.5 Å². The lowest BCUT2D eigenvalue weighted by Gasteiger charge is -2.23. The maximum Gasteiger partial charge on any atom is 0.295 e. The summed E-state index contributed by atoms with van der Waals surface area (Å²) in [6, 6.07) is 17.8. The van der Waals surface area contributed by atoms with Gasteiger partial charge in [0.1, 0.15) is 17.6 Å². The molecule has 1 aliphatic heterocycles. The van der Waals surface area contributed by atoms with Crippen LogP contribution in [0.4, 0.5) is 0 Å². The molecule has 0 saturated carbocycles. The molecule has 2 N–H and O–H groups in total. The van der Waals surface area contributed by atoms with E-state index in [1.165, 1.54) is 11.2 Å². The van der Waals surface area contributed by atoms with Crippen molar-refractivity contribution in [2.45, 2.75) is 19.4 Å². The average Bonchev–Trinajstić information content (AvgIpc) is 3.52. The number of carbonyl (C=O) groups excluding carboxylic acids is 2. The van der Waals surface area contributed by atoms with Crippen molar-refractivity contribution < 1.29 is 19.1 Å². The van der Waals surface area contributed by atoms with E-state index >= 15 is 0 Å². The number of hydrogen-bond acceptors (Lipinski definition) is 4. The zero-order chi connectivity index (χ0) is 22.2. The third-order valence-corrected chi connectivity index (χ3v) is 5.97. The number of aryl methyl sites for hydroxylation is 1. The number of aliphatic hydroxyl groups is 1. The summed E-state index contributed by atoms with van der Waals surface area (Å²) in [5.74, 6) is -1.10. The van der Waals surface area contributed by atoms with Crippen molar-refractivity contribution in [3.05, 3.63) is 101 Å². The topological polar surface area (TPSA) is 86.5 Å². The van der Waals surface area contributed by atoms with Crippen molar-refractivity contribution in [2.24, 2.45) is 0 Å². The summed E-state index contributed by atoms with van der Waals surface area (Å²) >= 11 is 0. The zero-order valence-corrected chi connectivity index (χ0v) is 17.5. The quantitative estimate of drug-likeness (QED) is 0.274. The Hall–Kier alpha value is -4.06. The number of H-pyrrole nitrogens is 1. The Balaban J connectivity index is 1.53. The number of nitrogens with zero attached hydrogens (tertiary/aromatic N) is 1. The number of rotatable bonds is 5. The summed E-state index contributed by atoms with van der Waals surface area (Å²) in [5, 5.41) is 12.1. The minimum atomic E-state index is -0.781. The highest BCUT2D eigenvalue weighted by Crippen LogP contribution is 2.39. The van der Waals surface area contributed by atoms with Gasteiger partial charge < -0.3 is 19.4 Å². The first-order chi connectivity index (χ1) is 15.5. The summed E-state index contributed by atoms with van der Waals surface area (Å²) in [4.78, 5) is 30.8. The van der Waals surface area contributed by atoms with Gasteiger partial charge in [-0.05, 0) is 37.1 Å². The molecule has 0 aliphatic carbocycles. The van der Waals surface area contributed by atoms with E-state index in [9.17, 15) is 14.7 Å². The first-order valence-electron chi connectivity index (χ1n) is 10.5. The van der Waals surface area contributed by atoms with Crippen LogP contribution in [-0.2, 0) is 16.0 Å². The molecule has 1 amide bonds. The Bertz CT molecular complexity index is 1330. The van der Waals surface area contributed by atoms with Gasteiger partial charge in [0.25, 0.3) is 11.7 Å². The third-order valence-electron chi connectivity index (χ3n) is 5.97. The predicted octanol–water partition coefficient (Wildman–Crippen LogP) is 4.73. The summed E-state index contributed by atoms with van der Waals surface area (Å²) < 4.78 is 5.59. The normalized spacial score (nSPS) is 18.0. The van der Waals surface area contributed by atoms with Gasteiger partial charge in [-0.25, -0.2) is 0 Å². The summed E-state index contributed by atoms with van der Waals surface area (Å²) in [5.41, 5.74) is 3.64. The van der Waals surface area contributed by atoms with Crippen molar-refractivity contribution in [1.82, 2.24) is 9.88 Å². The molecular weight excluding hydrogens is 404 g/mol. The second-order valence-electron chi connectivity index (χ2n) is 7.98. The van der Waals surface area contributed by atoms with Crippen LogP contribution < -0.4 is 0 Å². The molecule has 0 unspecified atom stereocenters. The molecule has 2 aromatic carbocycles. The zero-order valence-electron chi connectivity index (χ0n) is 17.5. The molecule has 0 bridgehead atoms. The number of furan rings is 1. The highest BCUT2D eigenvalue weighted by Gasteiger charge is 2.47. The minimum absolute atomic E-state index is 0.0488. The molecule has 5 rings (SSSR count). The molecule has 0 spiro atoms. The number of para-hydroxylation sites is 1. The van der Waals surface area contributed by atoms with E-state index in [1.54, 1.807) is 24.3 Å². The number of hydrogen-bond donors (Lipinski definition) is 2. The molecular formula is C26H22N2O4. The van der Waals surface area contributed by atoms with Crippen molar-refractivity contribution in [2.75, 3.05) is 6.54 Å². The van der Waals surface area contributed by atoms with Crippen LogP contribution in [-0.4, -0.2) is 33.2 Å². The number of Topliss-reactive ketones (excluding diaryl/α,β-unsaturated/α-hetero) is 1. The molecule has 2 aromatic heterocycles. The van der Waals surface area contributed by atoms with E-state index in [4.69, 9.17) is 4.42 Å². The summed E-state index contributed by atoms with van der Waals surface area (Å²) in [6.45, 7) is 2.25. The van der Waals surface area contributed by atoms with E-state index in [-0.39, 0.29) is 11.3 Å². The van der Waals surface area contributed by atoms with E-state index < -0.39 is 17.7 Å². The van der Waals surface area contributed by atoms with Gasteiger partial charge in [0.2, 0.25) is 0 Å². The van der Waals surface area contributed by atoms with Crippen LogP contribution in [0.2, 0.25) is 0 Å². The van der Waals surface area contributed by atoms with Crippen molar-refractivity contribution in [3.63, 3.8) is 0 Å². The van der Waals surface area contributed by atoms with Crippen LogP contribution in [0.15, 0.2) is 83.1 Å². The Labute approximate surface area is 184 Å². The van der Waals surface area contributed by atoms with Crippen LogP contribution in [0, 0.1) is 6.92 Å². The molecule has 32 heavy (non-hydrogen) atoms. The standard InChI is InChI=1S/C26H22N2O4/c1-16-8-10-17(11-9-16)24(29)22-23(21-7-4-14-32-21)28(26(31)25(22)30)13-12-18-15-27-20-6-3-2-5-19(18)20/h2-11,14-15,23,27,29H,12-13H2,1H3/t23-/m0/s1. The molecule has 1 atom stereocenters. The second kappa shape index (κ2) is 7.89. The van der Waals surface area contributed by atoms with Gasteiger partial charge in [-0.1, -0.05) is 48.0 Å². The van der Waals surface area contributed by atoms with Gasteiger partial charge in [-0.2, -0.15) is 0 Å². The van der Waals surface area contributed by atoms with Gasteiger partial charge in [0, 0.05) is 29.2 Å². The lowest BCUT2D eigenvalue weighted by molar-refractivity contribution is -0.140. The second-order valence-corrected chi connectivity index (χ2v) is 7.98. The maximum atomic E-state index is 13.0. The molecule has 6 heteroatoms. The number of fused-ring (bicyclic) bond motifs is 1. The first kappa shape index (κ1) is 19.9. The van der Waals surface area contributed by atoms with Crippen LogP contribution in [0.25, 0.3) is 16.7 Å². The number of carbonyl (C=O) groups is 2. The molecule has 6 nitrogen and oxygen atoms in total. The lowest BCUT2D eigenvalue weighted by Crippen LogP contribution is -2.31. The largest absolute Gasteiger partial charge is 0.507 e. The predicted molar refractivity (Wildman–Crippen MR) is 121 cm³/mol. The lowest BCUT2D eigenvalue weighted by atomic mass is 9.98. The third kappa shape index (κ3) is 3.30. The van der Waals surface area contributed by atoms with Crippen LogP contribution in [0.5, 0.6) is 0 Å². The van der Waals surface area contributed by atoms with E-state index in [0.29, 0.717) is 24.3 Å². The van der Waals surface area contributed by atoms with Gasteiger partial charge in [-0.3, -0.25) is 9.59 Å². The Morgan fingerprint density at radius 1 is 1.06 bits per heavy atom. The number of aromatic amines is 1. The number of benzene rings is 2. The monoisotopic (exact) mass is 426 g/mol. The SMILES string of the molecule is Cc1ccc(C(O)=C2C(=O)C(=O)N(CCc3c[nH]c4ccccc34)[C@H]2c2ccco2)cc1. The molecule has 3 heterocycles. The van der Waals surface area contributed by atoms with Gasteiger partial charge in [0.15, 0.2) is 0 Å². The fourth-order valence-corrected chi connectivity index (χ4v) is 4.30. The van der Waals surface area contributed by atoms with Crippen molar-refractivity contribution in [1.29, 1.82) is 0 Å².